The summed E-state index contributed by atoms with van der Waals surface area (Å²) < 4.78 is 10.8. The Morgan fingerprint density at radius 1 is 1.12 bits per heavy atom. The van der Waals surface area contributed by atoms with Gasteiger partial charge in [-0.3, -0.25) is 4.79 Å². The zero-order valence-corrected chi connectivity index (χ0v) is 15.7. The number of nitrogens with one attached hydrogen (secondary N) is 1. The standard InChI is InChI=1S/C20H30N2O3/c1-15-6-4-7-16(14-15)21-10-12-22(13-11-21)20(23)19-17(24-2)8-5-9-18(19)25-3/h5,8-9,15-16H,4,6-7,10-14H2,1-3H3/p+1/t15-,16-/m1/s1. The van der Waals surface area contributed by atoms with Crippen LogP contribution in [-0.4, -0.2) is 57.2 Å². The first kappa shape index (κ1) is 18.1. The van der Waals surface area contributed by atoms with Gasteiger partial charge in [0.1, 0.15) is 17.1 Å². The Hall–Kier alpha value is -1.75. The molecule has 1 heterocycles. The molecule has 1 saturated heterocycles. The molecule has 1 aliphatic heterocycles. The molecule has 2 fully saturated rings. The summed E-state index contributed by atoms with van der Waals surface area (Å²) in [6.45, 7) is 6.07. The van der Waals surface area contributed by atoms with E-state index in [1.165, 1.54) is 25.7 Å². The van der Waals surface area contributed by atoms with Crippen molar-refractivity contribution < 1.29 is 19.2 Å². The SMILES string of the molecule is COc1cccc(OC)c1C(=O)N1CC[NH+]([C@@H]2CCC[C@@H](C)C2)CC1. The first-order chi connectivity index (χ1) is 12.1. The Morgan fingerprint density at radius 2 is 1.76 bits per heavy atom. The van der Waals surface area contributed by atoms with E-state index in [1.54, 1.807) is 19.1 Å². The van der Waals surface area contributed by atoms with E-state index in [1.807, 2.05) is 23.1 Å². The lowest BCUT2D eigenvalue weighted by molar-refractivity contribution is -0.930. The molecule has 1 aliphatic carbocycles. The fourth-order valence-corrected chi connectivity index (χ4v) is 4.43. The van der Waals surface area contributed by atoms with E-state index in [-0.39, 0.29) is 5.91 Å². The number of nitrogens with zero attached hydrogens (tertiary/aromatic N) is 1. The van der Waals surface area contributed by atoms with E-state index in [4.69, 9.17) is 9.47 Å². The summed E-state index contributed by atoms with van der Waals surface area (Å²) in [5.74, 6) is 2.04. The van der Waals surface area contributed by atoms with Gasteiger partial charge in [-0.2, -0.15) is 0 Å². The first-order valence-electron chi connectivity index (χ1n) is 9.49. The van der Waals surface area contributed by atoms with E-state index in [0.717, 1.165) is 38.1 Å². The molecule has 0 unspecified atom stereocenters. The molecule has 1 amide bonds. The summed E-state index contributed by atoms with van der Waals surface area (Å²) in [7, 11) is 3.19. The van der Waals surface area contributed by atoms with Crippen LogP contribution in [0, 0.1) is 5.92 Å². The van der Waals surface area contributed by atoms with Gasteiger partial charge in [-0.15, -0.1) is 0 Å². The Labute approximate surface area is 150 Å². The molecule has 5 heteroatoms. The second kappa shape index (κ2) is 8.09. The highest BCUT2D eigenvalue weighted by Gasteiger charge is 2.33. The quantitative estimate of drug-likeness (QED) is 0.900. The normalized spacial score (nSPS) is 24.8. The lowest BCUT2D eigenvalue weighted by atomic mass is 9.86. The smallest absolute Gasteiger partial charge is 0.261 e. The van der Waals surface area contributed by atoms with E-state index >= 15 is 0 Å². The van der Waals surface area contributed by atoms with Crippen molar-refractivity contribution in [3.63, 3.8) is 0 Å². The van der Waals surface area contributed by atoms with Crippen molar-refractivity contribution in [1.29, 1.82) is 0 Å². The van der Waals surface area contributed by atoms with Gasteiger partial charge in [-0.05, 0) is 30.9 Å². The van der Waals surface area contributed by atoms with Gasteiger partial charge in [-0.1, -0.05) is 19.4 Å². The number of carbonyl (C=O) groups is 1. The van der Waals surface area contributed by atoms with Crippen LogP contribution < -0.4 is 14.4 Å². The van der Waals surface area contributed by atoms with Gasteiger partial charge < -0.3 is 19.3 Å². The minimum absolute atomic E-state index is 0.0189. The molecule has 0 aromatic heterocycles. The fourth-order valence-electron chi connectivity index (χ4n) is 4.43. The van der Waals surface area contributed by atoms with E-state index < -0.39 is 0 Å². The van der Waals surface area contributed by atoms with Crippen LogP contribution in [0.5, 0.6) is 11.5 Å². The molecule has 1 aromatic rings. The first-order valence-corrected chi connectivity index (χ1v) is 9.49. The molecular weight excluding hydrogens is 316 g/mol. The van der Waals surface area contributed by atoms with Crippen molar-refractivity contribution in [3.8, 4) is 11.5 Å². The highest BCUT2D eigenvalue weighted by atomic mass is 16.5. The molecule has 1 N–H and O–H groups in total. The Morgan fingerprint density at radius 3 is 2.32 bits per heavy atom. The average molecular weight is 347 g/mol. The third-order valence-corrected chi connectivity index (χ3v) is 5.85. The Balaban J connectivity index is 1.66. The van der Waals surface area contributed by atoms with Crippen LogP contribution >= 0.6 is 0 Å². The average Bonchev–Trinajstić information content (AvgIpc) is 2.66. The van der Waals surface area contributed by atoms with Crippen molar-refractivity contribution in [1.82, 2.24) is 4.90 Å². The number of amides is 1. The number of benzene rings is 1. The molecule has 3 rings (SSSR count). The van der Waals surface area contributed by atoms with Gasteiger partial charge in [0.25, 0.3) is 5.91 Å². The monoisotopic (exact) mass is 347 g/mol. The molecule has 1 saturated carbocycles. The molecule has 1 aromatic carbocycles. The number of ether oxygens (including phenoxy) is 2. The summed E-state index contributed by atoms with van der Waals surface area (Å²) in [4.78, 5) is 16.7. The van der Waals surface area contributed by atoms with Gasteiger partial charge in [0.05, 0.1) is 46.4 Å². The number of hydrogen-bond donors (Lipinski definition) is 1. The number of rotatable bonds is 4. The van der Waals surface area contributed by atoms with Crippen LogP contribution in [-0.2, 0) is 0 Å². The van der Waals surface area contributed by atoms with Gasteiger partial charge in [0, 0.05) is 6.42 Å². The highest BCUT2D eigenvalue weighted by molar-refractivity contribution is 5.99. The van der Waals surface area contributed by atoms with Crippen LogP contribution in [0.2, 0.25) is 0 Å². The molecule has 0 bridgehead atoms. The molecule has 5 nitrogen and oxygen atoms in total. The maximum atomic E-state index is 13.1. The third-order valence-electron chi connectivity index (χ3n) is 5.85. The molecule has 138 valence electrons. The van der Waals surface area contributed by atoms with Crippen LogP contribution in [0.4, 0.5) is 0 Å². The van der Waals surface area contributed by atoms with Gasteiger partial charge in [0.2, 0.25) is 0 Å². The summed E-state index contributed by atoms with van der Waals surface area (Å²) >= 11 is 0. The second-order valence-electron chi connectivity index (χ2n) is 7.46. The number of piperazine rings is 1. The van der Waals surface area contributed by atoms with E-state index in [2.05, 4.69) is 6.92 Å². The van der Waals surface area contributed by atoms with E-state index in [9.17, 15) is 4.79 Å². The van der Waals surface area contributed by atoms with Crippen molar-refractivity contribution in [3.05, 3.63) is 23.8 Å². The van der Waals surface area contributed by atoms with Crippen LogP contribution in [0.25, 0.3) is 0 Å². The maximum Gasteiger partial charge on any atom is 0.261 e. The molecular formula is C20H31N2O3+. The maximum absolute atomic E-state index is 13.1. The lowest BCUT2D eigenvalue weighted by Crippen LogP contribution is -3.18. The molecule has 2 aliphatic rings. The number of methoxy groups -OCH3 is 2. The fraction of sp³-hybridized carbons (Fsp3) is 0.650. The number of quaternary nitrogens is 1. The highest BCUT2D eigenvalue weighted by Crippen LogP contribution is 2.29. The molecule has 2 atom stereocenters. The summed E-state index contributed by atoms with van der Waals surface area (Å²) in [6, 6.07) is 6.27. The minimum Gasteiger partial charge on any atom is -0.496 e. The summed E-state index contributed by atoms with van der Waals surface area (Å²) in [6.07, 6.45) is 5.41. The Kier molecular flexibility index (Phi) is 5.84. The zero-order chi connectivity index (χ0) is 17.8. The predicted molar refractivity (Wildman–Crippen MR) is 97.6 cm³/mol. The number of carbonyl (C=O) groups excluding carboxylic acids is 1. The topological polar surface area (TPSA) is 43.2 Å². The number of hydrogen-bond acceptors (Lipinski definition) is 3. The van der Waals surface area contributed by atoms with Crippen molar-refractivity contribution in [2.45, 2.75) is 38.6 Å². The third kappa shape index (κ3) is 3.92. The van der Waals surface area contributed by atoms with Crippen LogP contribution in [0.15, 0.2) is 18.2 Å². The summed E-state index contributed by atoms with van der Waals surface area (Å²) in [5, 5.41) is 0. The second-order valence-corrected chi connectivity index (χ2v) is 7.46. The largest absolute Gasteiger partial charge is 0.496 e. The predicted octanol–water partition coefficient (Wildman–Crippen LogP) is 1.62. The van der Waals surface area contributed by atoms with Gasteiger partial charge >= 0.3 is 0 Å². The van der Waals surface area contributed by atoms with Crippen molar-refractivity contribution in [2.24, 2.45) is 5.92 Å². The van der Waals surface area contributed by atoms with Crippen LogP contribution in [0.3, 0.4) is 0 Å². The van der Waals surface area contributed by atoms with Gasteiger partial charge in [0.15, 0.2) is 0 Å². The summed E-state index contributed by atoms with van der Waals surface area (Å²) in [5.41, 5.74) is 0.544. The van der Waals surface area contributed by atoms with Crippen molar-refractivity contribution in [2.75, 3.05) is 40.4 Å². The van der Waals surface area contributed by atoms with Crippen LogP contribution in [0.1, 0.15) is 43.0 Å². The molecule has 25 heavy (non-hydrogen) atoms. The zero-order valence-electron chi connectivity index (χ0n) is 15.7. The van der Waals surface area contributed by atoms with E-state index in [0.29, 0.717) is 17.1 Å². The van der Waals surface area contributed by atoms with Gasteiger partial charge in [-0.25, -0.2) is 0 Å². The molecule has 0 spiro atoms. The molecule has 0 radical (unpaired) electrons. The lowest BCUT2D eigenvalue weighted by Gasteiger charge is -2.39. The Bertz CT molecular complexity index is 574. The minimum atomic E-state index is 0.0189. The van der Waals surface area contributed by atoms with Crippen molar-refractivity contribution >= 4 is 5.91 Å².